The molecule has 124 valence electrons. The molecule has 1 aromatic heterocycles. The van der Waals surface area contributed by atoms with Crippen molar-refractivity contribution in [3.05, 3.63) is 53.4 Å². The van der Waals surface area contributed by atoms with Crippen molar-refractivity contribution in [2.75, 3.05) is 6.54 Å². The Kier molecular flexibility index (Phi) is 6.35. The van der Waals surface area contributed by atoms with E-state index in [0.29, 0.717) is 31.8 Å². The Morgan fingerprint density at radius 3 is 2.70 bits per heavy atom. The fourth-order valence-corrected chi connectivity index (χ4v) is 2.58. The summed E-state index contributed by atoms with van der Waals surface area (Å²) >= 11 is 0. The number of hydrogen-bond donors (Lipinski definition) is 2. The highest BCUT2D eigenvalue weighted by molar-refractivity contribution is 5.70. The van der Waals surface area contributed by atoms with Crippen LogP contribution in [0.1, 0.15) is 37.1 Å². The van der Waals surface area contributed by atoms with Gasteiger partial charge in [-0.2, -0.15) is 0 Å². The lowest BCUT2D eigenvalue weighted by Crippen LogP contribution is -2.29. The van der Waals surface area contributed by atoms with Crippen molar-refractivity contribution in [3.8, 4) is 0 Å². The van der Waals surface area contributed by atoms with Gasteiger partial charge >= 0.3 is 5.97 Å². The molecule has 0 fully saturated rings. The molecule has 23 heavy (non-hydrogen) atoms. The summed E-state index contributed by atoms with van der Waals surface area (Å²) in [5, 5.41) is 16.5. The first kappa shape index (κ1) is 17.2. The third-order valence-electron chi connectivity index (χ3n) is 3.75. The lowest BCUT2D eigenvalue weighted by molar-refractivity contribution is -0.142. The number of carbonyl (C=O) groups is 1. The van der Waals surface area contributed by atoms with Crippen LogP contribution in [0.15, 0.2) is 41.1 Å². The Balaban J connectivity index is 1.89. The third kappa shape index (κ3) is 5.53. The molecule has 0 saturated carbocycles. The summed E-state index contributed by atoms with van der Waals surface area (Å²) in [5.74, 6) is -0.754. The van der Waals surface area contributed by atoms with Gasteiger partial charge in [-0.05, 0) is 17.9 Å². The van der Waals surface area contributed by atoms with Gasteiger partial charge in [0.15, 0.2) is 0 Å². The van der Waals surface area contributed by atoms with Gasteiger partial charge in [-0.1, -0.05) is 49.3 Å². The zero-order valence-corrected chi connectivity index (χ0v) is 13.7. The standard InChI is InChI=1S/C18H24N2O3/c1-13(2)8-15(18(21)22)10-19-11-16-12-23-20-17(16)9-14-6-4-3-5-7-14/h3-7,12-13,15,19H,8-11H2,1-2H3,(H,21,22). The van der Waals surface area contributed by atoms with Crippen LogP contribution >= 0.6 is 0 Å². The van der Waals surface area contributed by atoms with Gasteiger partial charge in [-0.3, -0.25) is 4.79 Å². The van der Waals surface area contributed by atoms with E-state index in [2.05, 4.69) is 22.6 Å². The molecule has 1 unspecified atom stereocenters. The minimum atomic E-state index is -0.749. The summed E-state index contributed by atoms with van der Waals surface area (Å²) in [6, 6.07) is 10.1. The van der Waals surface area contributed by atoms with Crippen molar-refractivity contribution < 1.29 is 14.4 Å². The molecular formula is C18H24N2O3. The van der Waals surface area contributed by atoms with Gasteiger partial charge in [-0.15, -0.1) is 0 Å². The van der Waals surface area contributed by atoms with Crippen molar-refractivity contribution in [2.45, 2.75) is 33.2 Å². The lowest BCUT2D eigenvalue weighted by atomic mass is 9.97. The average Bonchev–Trinajstić information content (AvgIpc) is 2.94. The maximum absolute atomic E-state index is 11.3. The minimum Gasteiger partial charge on any atom is -0.481 e. The number of benzene rings is 1. The summed E-state index contributed by atoms with van der Waals surface area (Å²) in [6.07, 6.45) is 3.01. The molecule has 0 radical (unpaired) electrons. The Morgan fingerprint density at radius 2 is 2.04 bits per heavy atom. The molecule has 0 aliphatic heterocycles. The summed E-state index contributed by atoms with van der Waals surface area (Å²) in [7, 11) is 0. The van der Waals surface area contributed by atoms with E-state index in [1.54, 1.807) is 6.26 Å². The van der Waals surface area contributed by atoms with Gasteiger partial charge in [0.2, 0.25) is 0 Å². The number of carboxylic acids is 1. The van der Waals surface area contributed by atoms with Crippen LogP contribution in [0, 0.1) is 11.8 Å². The Morgan fingerprint density at radius 1 is 1.30 bits per heavy atom. The van der Waals surface area contributed by atoms with E-state index >= 15 is 0 Å². The van der Waals surface area contributed by atoms with E-state index in [1.165, 1.54) is 5.56 Å². The highest BCUT2D eigenvalue weighted by Gasteiger charge is 2.18. The van der Waals surface area contributed by atoms with Gasteiger partial charge in [-0.25, -0.2) is 0 Å². The predicted molar refractivity (Wildman–Crippen MR) is 88.0 cm³/mol. The van der Waals surface area contributed by atoms with Crippen LogP contribution in [0.5, 0.6) is 0 Å². The van der Waals surface area contributed by atoms with Crippen LogP contribution < -0.4 is 5.32 Å². The van der Waals surface area contributed by atoms with E-state index in [9.17, 15) is 9.90 Å². The van der Waals surface area contributed by atoms with Crippen LogP contribution in [0.3, 0.4) is 0 Å². The van der Waals surface area contributed by atoms with E-state index < -0.39 is 5.97 Å². The Hall–Kier alpha value is -2.14. The number of aromatic nitrogens is 1. The molecule has 0 spiro atoms. The average molecular weight is 316 g/mol. The third-order valence-corrected chi connectivity index (χ3v) is 3.75. The normalized spacial score (nSPS) is 12.5. The molecule has 0 saturated heterocycles. The van der Waals surface area contributed by atoms with Gasteiger partial charge in [0.1, 0.15) is 6.26 Å². The molecular weight excluding hydrogens is 292 g/mol. The molecule has 0 amide bonds. The molecule has 1 atom stereocenters. The molecule has 1 heterocycles. The fourth-order valence-electron chi connectivity index (χ4n) is 2.58. The highest BCUT2D eigenvalue weighted by Crippen LogP contribution is 2.14. The summed E-state index contributed by atoms with van der Waals surface area (Å²) in [5.41, 5.74) is 3.04. The van der Waals surface area contributed by atoms with Crippen molar-refractivity contribution in [1.29, 1.82) is 0 Å². The first-order valence-electron chi connectivity index (χ1n) is 7.95. The van der Waals surface area contributed by atoms with E-state index in [1.807, 2.05) is 32.0 Å². The number of rotatable bonds is 9. The molecule has 5 nitrogen and oxygen atoms in total. The second kappa shape index (κ2) is 8.48. The molecule has 0 aliphatic rings. The summed E-state index contributed by atoms with van der Waals surface area (Å²) in [6.45, 7) is 5.08. The molecule has 2 N–H and O–H groups in total. The Bertz CT molecular complexity index is 608. The van der Waals surface area contributed by atoms with Crippen LogP contribution in [0.2, 0.25) is 0 Å². The second-order valence-electron chi connectivity index (χ2n) is 6.24. The SMILES string of the molecule is CC(C)CC(CNCc1conc1Cc1ccccc1)C(=O)O. The maximum atomic E-state index is 11.3. The van der Waals surface area contributed by atoms with E-state index in [0.717, 1.165) is 11.3 Å². The zero-order chi connectivity index (χ0) is 16.7. The lowest BCUT2D eigenvalue weighted by Gasteiger charge is -2.15. The van der Waals surface area contributed by atoms with Crippen LogP contribution in [-0.4, -0.2) is 22.8 Å². The van der Waals surface area contributed by atoms with Crippen molar-refractivity contribution in [3.63, 3.8) is 0 Å². The molecule has 2 aromatic rings. The van der Waals surface area contributed by atoms with Gasteiger partial charge in [0, 0.05) is 25.1 Å². The number of aliphatic carboxylic acids is 1. The topological polar surface area (TPSA) is 75.4 Å². The summed E-state index contributed by atoms with van der Waals surface area (Å²) < 4.78 is 5.08. The zero-order valence-electron chi connectivity index (χ0n) is 13.7. The van der Waals surface area contributed by atoms with Gasteiger partial charge < -0.3 is 14.9 Å². The van der Waals surface area contributed by atoms with Crippen LogP contribution in [-0.2, 0) is 17.8 Å². The van der Waals surface area contributed by atoms with E-state index in [-0.39, 0.29) is 5.92 Å². The molecule has 2 rings (SSSR count). The Labute approximate surface area is 136 Å². The van der Waals surface area contributed by atoms with E-state index in [4.69, 9.17) is 4.52 Å². The number of nitrogens with zero attached hydrogens (tertiary/aromatic N) is 1. The van der Waals surface area contributed by atoms with Crippen molar-refractivity contribution >= 4 is 5.97 Å². The van der Waals surface area contributed by atoms with Gasteiger partial charge in [0.05, 0.1) is 11.6 Å². The number of nitrogens with one attached hydrogen (secondary N) is 1. The second-order valence-corrected chi connectivity index (χ2v) is 6.24. The van der Waals surface area contributed by atoms with Crippen molar-refractivity contribution in [1.82, 2.24) is 10.5 Å². The fraction of sp³-hybridized carbons (Fsp3) is 0.444. The molecule has 5 heteroatoms. The largest absolute Gasteiger partial charge is 0.481 e. The van der Waals surface area contributed by atoms with Crippen LogP contribution in [0.4, 0.5) is 0 Å². The smallest absolute Gasteiger partial charge is 0.307 e. The first-order chi connectivity index (χ1) is 11.1. The first-order valence-corrected chi connectivity index (χ1v) is 7.95. The quantitative estimate of drug-likeness (QED) is 0.743. The highest BCUT2D eigenvalue weighted by atomic mass is 16.5. The summed E-state index contributed by atoms with van der Waals surface area (Å²) in [4.78, 5) is 11.3. The van der Waals surface area contributed by atoms with Crippen molar-refractivity contribution in [2.24, 2.45) is 11.8 Å². The minimum absolute atomic E-state index is 0.363. The molecule has 0 bridgehead atoms. The number of hydrogen-bond acceptors (Lipinski definition) is 4. The van der Waals surface area contributed by atoms with Gasteiger partial charge in [0.25, 0.3) is 0 Å². The molecule has 1 aromatic carbocycles. The maximum Gasteiger partial charge on any atom is 0.307 e. The molecule has 0 aliphatic carbocycles. The monoisotopic (exact) mass is 316 g/mol. The predicted octanol–water partition coefficient (Wildman–Crippen LogP) is 3.10. The number of carboxylic acid groups (broad SMARTS) is 1. The van der Waals surface area contributed by atoms with Crippen LogP contribution in [0.25, 0.3) is 0 Å².